The number of rotatable bonds is 4. The molecule has 3 atom stereocenters. The van der Waals surface area contributed by atoms with Gasteiger partial charge in [-0.1, -0.05) is 32.0 Å². The van der Waals surface area contributed by atoms with Crippen LogP contribution in [-0.2, 0) is 0 Å². The van der Waals surface area contributed by atoms with E-state index in [1.54, 1.807) is 6.07 Å². The molecule has 0 radical (unpaired) electrons. The molecule has 0 unspecified atom stereocenters. The topological polar surface area (TPSA) is 55.5 Å². The molecule has 2 bridgehead atoms. The Hall–Kier alpha value is -2.82. The van der Waals surface area contributed by atoms with Crippen molar-refractivity contribution in [1.29, 1.82) is 0 Å². The Kier molecular flexibility index (Phi) is 4.99. The lowest BCUT2D eigenvalue weighted by Gasteiger charge is -2.47. The maximum atomic E-state index is 13.6. The van der Waals surface area contributed by atoms with Crippen molar-refractivity contribution in [3.8, 4) is 0 Å². The molecule has 1 aromatic carbocycles. The number of fused-ring (bicyclic) bond motifs is 5. The number of hydrogen-bond acceptors (Lipinski definition) is 3. The third kappa shape index (κ3) is 3.50. The first-order valence-electron chi connectivity index (χ1n) is 11.4. The van der Waals surface area contributed by atoms with E-state index < -0.39 is 0 Å². The molecule has 0 saturated carbocycles. The minimum absolute atomic E-state index is 0.0315. The number of carbonyl (C=O) groups excluding carboxylic acids is 1. The zero-order valence-electron chi connectivity index (χ0n) is 18.5. The van der Waals surface area contributed by atoms with Gasteiger partial charge in [-0.2, -0.15) is 0 Å². The van der Waals surface area contributed by atoms with Crippen molar-refractivity contribution in [3.63, 3.8) is 0 Å². The van der Waals surface area contributed by atoms with Gasteiger partial charge < -0.3 is 13.9 Å². The van der Waals surface area contributed by atoms with Crippen molar-refractivity contribution in [2.45, 2.75) is 52.0 Å². The zero-order valence-corrected chi connectivity index (χ0v) is 18.5. The van der Waals surface area contributed by atoms with Crippen LogP contribution in [-0.4, -0.2) is 28.5 Å². The van der Waals surface area contributed by atoms with Gasteiger partial charge in [0, 0.05) is 42.2 Å². The second kappa shape index (κ2) is 7.70. The molecule has 0 spiro atoms. The van der Waals surface area contributed by atoms with E-state index in [2.05, 4.69) is 19.9 Å². The first-order chi connectivity index (χ1) is 14.9. The Bertz CT molecular complexity index is 1190. The molecule has 1 amide bonds. The van der Waals surface area contributed by atoms with Crippen molar-refractivity contribution in [3.05, 3.63) is 69.8 Å². The summed E-state index contributed by atoms with van der Waals surface area (Å²) in [6.45, 7) is 7.69. The van der Waals surface area contributed by atoms with Gasteiger partial charge in [0.1, 0.15) is 11.3 Å². The lowest BCUT2D eigenvalue weighted by Crippen LogP contribution is -2.51. The molecule has 0 aliphatic carbocycles. The molecule has 162 valence electrons. The number of furan rings is 1. The van der Waals surface area contributed by atoms with Crippen LogP contribution in [0.25, 0.3) is 11.0 Å². The molecule has 2 aliphatic rings. The average Bonchev–Trinajstić information content (AvgIpc) is 3.13. The number of hydrogen-bond donors (Lipinski definition) is 0. The van der Waals surface area contributed by atoms with Crippen LogP contribution in [0.2, 0.25) is 0 Å². The van der Waals surface area contributed by atoms with E-state index in [0.29, 0.717) is 36.1 Å². The fourth-order valence-electron chi connectivity index (χ4n) is 5.61. The Balaban J connectivity index is 1.51. The lowest BCUT2D eigenvalue weighted by atomic mass is 9.76. The van der Waals surface area contributed by atoms with Gasteiger partial charge in [-0.3, -0.25) is 9.59 Å². The molecular weight excluding hydrogens is 388 g/mol. The van der Waals surface area contributed by atoms with Crippen LogP contribution in [0.15, 0.2) is 51.7 Å². The van der Waals surface area contributed by atoms with Crippen molar-refractivity contribution in [2.24, 2.45) is 11.8 Å². The molecular formula is C26H30N2O3. The molecule has 3 aromatic rings. The summed E-state index contributed by atoms with van der Waals surface area (Å²) in [5.41, 5.74) is 2.49. The fourth-order valence-corrected chi connectivity index (χ4v) is 5.61. The molecule has 1 saturated heterocycles. The minimum atomic E-state index is 0.0315. The lowest BCUT2D eigenvalue weighted by molar-refractivity contribution is 0.0514. The smallest absolute Gasteiger partial charge is 0.257 e. The summed E-state index contributed by atoms with van der Waals surface area (Å²) < 4.78 is 7.91. The van der Waals surface area contributed by atoms with E-state index in [4.69, 9.17) is 4.42 Å². The van der Waals surface area contributed by atoms with Crippen molar-refractivity contribution in [1.82, 2.24) is 9.47 Å². The number of carbonyl (C=O) groups is 1. The van der Waals surface area contributed by atoms with Crippen molar-refractivity contribution < 1.29 is 9.21 Å². The van der Waals surface area contributed by atoms with E-state index in [1.807, 2.05) is 46.7 Å². The third-order valence-electron chi connectivity index (χ3n) is 7.02. The van der Waals surface area contributed by atoms with Crippen LogP contribution < -0.4 is 5.56 Å². The van der Waals surface area contributed by atoms with Gasteiger partial charge in [-0.25, -0.2) is 0 Å². The molecule has 31 heavy (non-hydrogen) atoms. The first kappa shape index (κ1) is 20.1. The Morgan fingerprint density at radius 1 is 1.16 bits per heavy atom. The number of benzene rings is 1. The molecule has 0 N–H and O–H groups in total. The van der Waals surface area contributed by atoms with Gasteiger partial charge in [0.05, 0.1) is 5.56 Å². The van der Waals surface area contributed by atoms with E-state index in [0.717, 1.165) is 36.1 Å². The quantitative estimate of drug-likeness (QED) is 0.589. The van der Waals surface area contributed by atoms with Gasteiger partial charge in [0.2, 0.25) is 0 Å². The van der Waals surface area contributed by atoms with Crippen molar-refractivity contribution in [2.75, 3.05) is 13.1 Å². The molecule has 1 fully saturated rings. The van der Waals surface area contributed by atoms with Gasteiger partial charge in [0.25, 0.3) is 11.5 Å². The molecule has 5 nitrogen and oxygen atoms in total. The summed E-state index contributed by atoms with van der Waals surface area (Å²) >= 11 is 0. The highest BCUT2D eigenvalue weighted by Crippen LogP contribution is 2.43. The van der Waals surface area contributed by atoms with Crippen LogP contribution in [0.4, 0.5) is 0 Å². The number of piperidine rings is 1. The zero-order chi connectivity index (χ0) is 21.7. The Morgan fingerprint density at radius 3 is 2.77 bits per heavy atom. The van der Waals surface area contributed by atoms with Crippen LogP contribution in [0, 0.1) is 18.8 Å². The predicted molar refractivity (Wildman–Crippen MR) is 122 cm³/mol. The minimum Gasteiger partial charge on any atom is -0.461 e. The number of likely N-dealkylation sites (tertiary alicyclic amines) is 1. The number of nitrogens with zero attached hydrogens (tertiary/aromatic N) is 2. The van der Waals surface area contributed by atoms with Crippen LogP contribution in [0.5, 0.6) is 0 Å². The second-order valence-electron chi connectivity index (χ2n) is 9.68. The highest BCUT2D eigenvalue weighted by Gasteiger charge is 2.42. The van der Waals surface area contributed by atoms with Crippen LogP contribution in [0.3, 0.4) is 0 Å². The number of pyridine rings is 1. The maximum Gasteiger partial charge on any atom is 0.257 e. The largest absolute Gasteiger partial charge is 0.461 e. The highest BCUT2D eigenvalue weighted by molar-refractivity contribution is 6.05. The number of amides is 1. The monoisotopic (exact) mass is 418 g/mol. The molecule has 5 rings (SSSR count). The van der Waals surface area contributed by atoms with Gasteiger partial charge >= 0.3 is 0 Å². The first-order valence-corrected chi connectivity index (χ1v) is 11.4. The normalized spacial score (nSPS) is 22.7. The van der Waals surface area contributed by atoms with Gasteiger partial charge in [-0.05, 0) is 56.2 Å². The fraction of sp³-hybridized carbons (Fsp3) is 0.462. The predicted octanol–water partition coefficient (Wildman–Crippen LogP) is 5.14. The van der Waals surface area contributed by atoms with E-state index in [9.17, 15) is 9.59 Å². The van der Waals surface area contributed by atoms with E-state index >= 15 is 0 Å². The summed E-state index contributed by atoms with van der Waals surface area (Å²) in [5, 5.41) is 0.965. The summed E-state index contributed by atoms with van der Waals surface area (Å²) in [7, 11) is 0. The standard InChI is InChI=1S/C26H30N2O3/c1-16(2)10-11-23-20-13-19(22-8-5-9-24(29)28(22)23)14-27(15-20)26(30)21-7-4-6-18-12-17(3)31-25(18)21/h4-9,12,16,19-20,23H,10-11,13-15H2,1-3H3/t19-,20+,23+/m1/s1. The van der Waals surface area contributed by atoms with Gasteiger partial charge in [-0.15, -0.1) is 0 Å². The van der Waals surface area contributed by atoms with Crippen LogP contribution in [0.1, 0.15) is 66.9 Å². The molecule has 2 aliphatic heterocycles. The third-order valence-corrected chi connectivity index (χ3v) is 7.02. The Morgan fingerprint density at radius 2 is 1.97 bits per heavy atom. The molecule has 5 heteroatoms. The van der Waals surface area contributed by atoms with Crippen LogP contribution >= 0.6 is 0 Å². The molecule has 4 heterocycles. The number of aromatic nitrogens is 1. The summed E-state index contributed by atoms with van der Waals surface area (Å²) in [6.07, 6.45) is 3.09. The number of aryl methyl sites for hydroxylation is 1. The van der Waals surface area contributed by atoms with Crippen molar-refractivity contribution >= 4 is 16.9 Å². The van der Waals surface area contributed by atoms with E-state index in [1.165, 1.54) is 0 Å². The molecule has 2 aromatic heterocycles. The van der Waals surface area contributed by atoms with Gasteiger partial charge in [0.15, 0.2) is 0 Å². The van der Waals surface area contributed by atoms with E-state index in [-0.39, 0.29) is 23.4 Å². The Labute approximate surface area is 182 Å². The highest BCUT2D eigenvalue weighted by atomic mass is 16.3. The average molecular weight is 419 g/mol. The SMILES string of the molecule is Cc1cc2cccc(C(=O)N3C[C@H]4C[C@@H](C3)[C@H](CCC(C)C)n3c4cccc3=O)c2o1. The second-order valence-corrected chi connectivity index (χ2v) is 9.68. The summed E-state index contributed by atoms with van der Waals surface area (Å²) in [5.74, 6) is 1.93. The summed E-state index contributed by atoms with van der Waals surface area (Å²) in [6, 6.07) is 13.5. The summed E-state index contributed by atoms with van der Waals surface area (Å²) in [4.78, 5) is 28.4. The maximum absolute atomic E-state index is 13.6. The number of para-hydroxylation sites is 1.